The standard InChI is InChI=1S/C11H11ClN4O3S/c1-2-13-11-8(14-15-20-11)6-19-10-5-7(12)3-4-9(10)16(17)18/h3-5,13H,2,6H2,1H3. The second-order valence-electron chi connectivity index (χ2n) is 3.74. The van der Waals surface area contributed by atoms with Crippen LogP contribution in [-0.4, -0.2) is 21.1 Å². The predicted octanol–water partition coefficient (Wildman–Crippen LogP) is 3.11. The summed E-state index contributed by atoms with van der Waals surface area (Å²) in [5.74, 6) is 0.109. The van der Waals surface area contributed by atoms with Crippen molar-refractivity contribution in [2.75, 3.05) is 11.9 Å². The third-order valence-corrected chi connectivity index (χ3v) is 3.34. The van der Waals surface area contributed by atoms with Crippen molar-refractivity contribution in [3.8, 4) is 5.75 Å². The van der Waals surface area contributed by atoms with Gasteiger partial charge in [-0.15, -0.1) is 5.10 Å². The largest absolute Gasteiger partial charge is 0.480 e. The topological polar surface area (TPSA) is 90.2 Å². The highest BCUT2D eigenvalue weighted by Crippen LogP contribution is 2.31. The van der Waals surface area contributed by atoms with Crippen molar-refractivity contribution in [2.45, 2.75) is 13.5 Å². The molecule has 1 aromatic heterocycles. The molecule has 7 nitrogen and oxygen atoms in total. The lowest BCUT2D eigenvalue weighted by molar-refractivity contribution is -0.385. The van der Waals surface area contributed by atoms with E-state index in [1.165, 1.54) is 29.7 Å². The Bertz CT molecular complexity index is 619. The zero-order valence-corrected chi connectivity index (χ0v) is 12.1. The van der Waals surface area contributed by atoms with Crippen LogP contribution in [0.25, 0.3) is 0 Å². The summed E-state index contributed by atoms with van der Waals surface area (Å²) in [4.78, 5) is 10.4. The summed E-state index contributed by atoms with van der Waals surface area (Å²) in [7, 11) is 0. The van der Waals surface area contributed by atoms with Crippen molar-refractivity contribution in [3.05, 3.63) is 39.0 Å². The molecule has 0 amide bonds. The molecule has 1 aromatic carbocycles. The van der Waals surface area contributed by atoms with Crippen molar-refractivity contribution in [3.63, 3.8) is 0 Å². The Balaban J connectivity index is 2.16. The van der Waals surface area contributed by atoms with Gasteiger partial charge >= 0.3 is 5.69 Å². The van der Waals surface area contributed by atoms with Gasteiger partial charge < -0.3 is 10.1 Å². The molecule has 106 valence electrons. The predicted molar refractivity (Wildman–Crippen MR) is 76.5 cm³/mol. The van der Waals surface area contributed by atoms with Crippen molar-refractivity contribution in [1.82, 2.24) is 9.59 Å². The first kappa shape index (κ1) is 14.5. The van der Waals surface area contributed by atoms with E-state index in [0.717, 1.165) is 11.5 Å². The highest BCUT2D eigenvalue weighted by Gasteiger charge is 2.17. The van der Waals surface area contributed by atoms with Gasteiger partial charge in [-0.2, -0.15) is 0 Å². The fourth-order valence-electron chi connectivity index (χ4n) is 1.50. The highest BCUT2D eigenvalue weighted by molar-refractivity contribution is 7.10. The Kier molecular flexibility index (Phi) is 4.70. The van der Waals surface area contributed by atoms with E-state index >= 15 is 0 Å². The average molecular weight is 315 g/mol. The Morgan fingerprint density at radius 3 is 3.05 bits per heavy atom. The van der Waals surface area contributed by atoms with E-state index in [4.69, 9.17) is 16.3 Å². The fourth-order valence-corrected chi connectivity index (χ4v) is 2.30. The van der Waals surface area contributed by atoms with Crippen LogP contribution >= 0.6 is 23.1 Å². The monoisotopic (exact) mass is 314 g/mol. The van der Waals surface area contributed by atoms with Gasteiger partial charge in [-0.1, -0.05) is 16.1 Å². The van der Waals surface area contributed by atoms with Gasteiger partial charge in [-0.3, -0.25) is 10.1 Å². The second-order valence-corrected chi connectivity index (χ2v) is 4.93. The number of rotatable bonds is 6. The molecule has 0 aliphatic heterocycles. The van der Waals surface area contributed by atoms with Crippen LogP contribution in [0, 0.1) is 10.1 Å². The molecular weight excluding hydrogens is 304 g/mol. The SMILES string of the molecule is CCNc1snnc1COc1cc(Cl)ccc1[N+](=O)[O-]. The van der Waals surface area contributed by atoms with Gasteiger partial charge in [0.1, 0.15) is 17.3 Å². The number of nitrogens with zero attached hydrogens (tertiary/aromatic N) is 3. The quantitative estimate of drug-likeness (QED) is 0.650. The molecule has 20 heavy (non-hydrogen) atoms. The average Bonchev–Trinajstić information content (AvgIpc) is 2.84. The maximum Gasteiger partial charge on any atom is 0.311 e. The van der Waals surface area contributed by atoms with E-state index in [1.54, 1.807) is 0 Å². The molecule has 0 bridgehead atoms. The number of hydrogen-bond donors (Lipinski definition) is 1. The molecule has 0 saturated carbocycles. The summed E-state index contributed by atoms with van der Waals surface area (Å²) < 4.78 is 9.27. The minimum absolute atomic E-state index is 0.0833. The number of nitro benzene ring substituents is 1. The molecule has 0 fully saturated rings. The van der Waals surface area contributed by atoms with Crippen molar-refractivity contribution in [2.24, 2.45) is 0 Å². The van der Waals surface area contributed by atoms with E-state index in [-0.39, 0.29) is 18.0 Å². The first-order chi connectivity index (χ1) is 9.61. The smallest absolute Gasteiger partial charge is 0.311 e. The lowest BCUT2D eigenvalue weighted by atomic mass is 10.3. The molecule has 9 heteroatoms. The Labute approximate surface area is 123 Å². The van der Waals surface area contributed by atoms with Gasteiger partial charge in [0.25, 0.3) is 0 Å². The lowest BCUT2D eigenvalue weighted by Crippen LogP contribution is -2.03. The van der Waals surface area contributed by atoms with Crippen LogP contribution < -0.4 is 10.1 Å². The molecule has 0 aliphatic carbocycles. The number of benzene rings is 1. The Morgan fingerprint density at radius 1 is 1.55 bits per heavy atom. The van der Waals surface area contributed by atoms with Crippen LogP contribution in [0.3, 0.4) is 0 Å². The van der Waals surface area contributed by atoms with Crippen molar-refractivity contribution >= 4 is 33.8 Å². The first-order valence-electron chi connectivity index (χ1n) is 5.73. The normalized spacial score (nSPS) is 10.3. The molecule has 0 unspecified atom stereocenters. The summed E-state index contributed by atoms with van der Waals surface area (Å²) in [6.07, 6.45) is 0. The Hall–Kier alpha value is -1.93. The maximum absolute atomic E-state index is 10.9. The molecule has 0 atom stereocenters. The Morgan fingerprint density at radius 2 is 2.35 bits per heavy atom. The summed E-state index contributed by atoms with van der Waals surface area (Å²) in [6.45, 7) is 2.76. The van der Waals surface area contributed by atoms with Crippen LogP contribution in [0.1, 0.15) is 12.6 Å². The lowest BCUT2D eigenvalue weighted by Gasteiger charge is -2.07. The van der Waals surface area contributed by atoms with E-state index in [9.17, 15) is 10.1 Å². The highest BCUT2D eigenvalue weighted by atomic mass is 35.5. The molecule has 1 N–H and O–H groups in total. The van der Waals surface area contributed by atoms with Gasteiger partial charge in [0.15, 0.2) is 5.75 Å². The fraction of sp³-hybridized carbons (Fsp3) is 0.273. The van der Waals surface area contributed by atoms with Crippen molar-refractivity contribution in [1.29, 1.82) is 0 Å². The van der Waals surface area contributed by atoms with Crippen LogP contribution in [0.5, 0.6) is 5.75 Å². The van der Waals surface area contributed by atoms with Gasteiger partial charge in [0.2, 0.25) is 0 Å². The molecule has 0 radical (unpaired) electrons. The molecule has 0 spiro atoms. The molecule has 1 heterocycles. The number of hydrogen-bond acceptors (Lipinski definition) is 7. The van der Waals surface area contributed by atoms with Crippen LogP contribution in [0.15, 0.2) is 18.2 Å². The van der Waals surface area contributed by atoms with Crippen LogP contribution in [0.2, 0.25) is 5.02 Å². The zero-order chi connectivity index (χ0) is 14.5. The molecule has 0 saturated heterocycles. The zero-order valence-electron chi connectivity index (χ0n) is 10.5. The van der Waals surface area contributed by atoms with Crippen LogP contribution in [0.4, 0.5) is 10.7 Å². The third kappa shape index (κ3) is 3.34. The number of ether oxygens (including phenoxy) is 1. The third-order valence-electron chi connectivity index (χ3n) is 2.38. The molecule has 2 aromatic rings. The maximum atomic E-state index is 10.9. The minimum atomic E-state index is -0.518. The number of nitrogens with one attached hydrogen (secondary N) is 1. The second kappa shape index (κ2) is 6.49. The molecular formula is C11H11ClN4O3S. The van der Waals surface area contributed by atoms with Gasteiger partial charge in [0.05, 0.1) is 4.92 Å². The molecule has 0 aliphatic rings. The van der Waals surface area contributed by atoms with Crippen LogP contribution in [-0.2, 0) is 6.61 Å². The van der Waals surface area contributed by atoms with Crippen molar-refractivity contribution < 1.29 is 9.66 Å². The summed E-state index contributed by atoms with van der Waals surface area (Å²) in [6, 6.07) is 4.16. The minimum Gasteiger partial charge on any atom is -0.480 e. The summed E-state index contributed by atoms with van der Waals surface area (Å²) >= 11 is 7.03. The summed E-state index contributed by atoms with van der Waals surface area (Å²) in [5, 5.41) is 19.1. The number of anilines is 1. The van der Waals surface area contributed by atoms with Gasteiger partial charge in [0, 0.05) is 35.2 Å². The number of aromatic nitrogens is 2. The van der Waals surface area contributed by atoms with E-state index in [2.05, 4.69) is 14.9 Å². The van der Waals surface area contributed by atoms with E-state index in [0.29, 0.717) is 10.7 Å². The number of halogens is 1. The summed E-state index contributed by atoms with van der Waals surface area (Å²) in [5.41, 5.74) is 0.466. The first-order valence-corrected chi connectivity index (χ1v) is 6.88. The molecule has 2 rings (SSSR count). The number of nitro groups is 1. The van der Waals surface area contributed by atoms with Gasteiger partial charge in [-0.05, 0) is 13.0 Å². The van der Waals surface area contributed by atoms with E-state index in [1.807, 2.05) is 6.92 Å². The van der Waals surface area contributed by atoms with E-state index < -0.39 is 4.92 Å². The van der Waals surface area contributed by atoms with Gasteiger partial charge in [-0.25, -0.2) is 0 Å².